The van der Waals surface area contributed by atoms with Gasteiger partial charge in [0.25, 0.3) is 0 Å². The molecule has 0 saturated heterocycles. The van der Waals surface area contributed by atoms with E-state index in [9.17, 15) is 0 Å². The number of nitrogens with zero attached hydrogens (tertiary/aromatic N) is 2. The van der Waals surface area contributed by atoms with Gasteiger partial charge in [0.2, 0.25) is 0 Å². The van der Waals surface area contributed by atoms with E-state index in [1.54, 1.807) is 0 Å². The topological polar surface area (TPSA) is 45.1 Å². The maximum atomic E-state index is 5.74. The minimum Gasteiger partial charge on any atom is -0.441 e. The van der Waals surface area contributed by atoms with Crippen LogP contribution in [0, 0.1) is 0 Å². The number of nitrogens with one attached hydrogen (secondary N) is 1. The number of H-pyrrole nitrogens is 1. The summed E-state index contributed by atoms with van der Waals surface area (Å²) in [5.41, 5.74) is 2.92. The van der Waals surface area contributed by atoms with E-state index in [-0.39, 0.29) is 0 Å². The summed E-state index contributed by atoms with van der Waals surface area (Å²) in [5.74, 6) is 0.808. The monoisotopic (exact) mass is 229 g/mol. The zero-order chi connectivity index (χ0) is 11.8. The second kappa shape index (κ2) is 3.89. The van der Waals surface area contributed by atoms with Crippen LogP contribution in [0.2, 0.25) is 0 Å². The molecule has 0 aliphatic heterocycles. The van der Waals surface area contributed by atoms with Crippen molar-refractivity contribution < 1.29 is 4.42 Å². The smallest absolute Gasteiger partial charge is 0.196 e. The van der Waals surface area contributed by atoms with Crippen LogP contribution in [-0.4, -0.2) is 35.5 Å². The predicted molar refractivity (Wildman–Crippen MR) is 68.1 cm³/mol. The Balaban J connectivity index is 2.05. The Kier molecular flexibility index (Phi) is 2.37. The fourth-order valence-corrected chi connectivity index (χ4v) is 2.00. The summed E-state index contributed by atoms with van der Waals surface area (Å²) in [6.45, 7) is 0.948. The Morgan fingerprint density at radius 3 is 3.00 bits per heavy atom. The van der Waals surface area contributed by atoms with Crippen LogP contribution >= 0.6 is 0 Å². The normalized spacial score (nSPS) is 11.9. The van der Waals surface area contributed by atoms with E-state index in [2.05, 4.69) is 14.9 Å². The largest absolute Gasteiger partial charge is 0.441 e. The maximum Gasteiger partial charge on any atom is 0.196 e. The minimum absolute atomic E-state index is 0.808. The van der Waals surface area contributed by atoms with Gasteiger partial charge in [-0.25, -0.2) is 4.98 Å². The maximum absolute atomic E-state index is 5.74. The summed E-state index contributed by atoms with van der Waals surface area (Å²) in [6, 6.07) is 6.04. The minimum atomic E-state index is 0.808. The van der Waals surface area contributed by atoms with E-state index in [0.29, 0.717) is 0 Å². The van der Waals surface area contributed by atoms with E-state index in [4.69, 9.17) is 4.42 Å². The Morgan fingerprint density at radius 1 is 1.29 bits per heavy atom. The van der Waals surface area contributed by atoms with Crippen LogP contribution in [0.15, 0.2) is 28.8 Å². The van der Waals surface area contributed by atoms with Crippen LogP contribution in [0.4, 0.5) is 0 Å². The number of oxazole rings is 1. The van der Waals surface area contributed by atoms with Crippen molar-refractivity contribution in [1.29, 1.82) is 0 Å². The van der Waals surface area contributed by atoms with Gasteiger partial charge in [0.15, 0.2) is 11.5 Å². The highest BCUT2D eigenvalue weighted by Crippen LogP contribution is 2.24. The van der Waals surface area contributed by atoms with Crippen LogP contribution in [0.5, 0.6) is 0 Å². The Labute approximate surface area is 99.2 Å². The third kappa shape index (κ3) is 1.80. The van der Waals surface area contributed by atoms with Crippen molar-refractivity contribution in [3.05, 3.63) is 30.3 Å². The first-order valence-electron chi connectivity index (χ1n) is 5.74. The van der Waals surface area contributed by atoms with Crippen LogP contribution in [0.1, 0.15) is 5.89 Å². The lowest BCUT2D eigenvalue weighted by Crippen LogP contribution is -2.15. The number of fused-ring (bicyclic) bond motifs is 3. The SMILES string of the molecule is CN(C)CCc1nc2c(ccc3[nH]ccc32)o1. The third-order valence-corrected chi connectivity index (χ3v) is 2.91. The number of hydrogen-bond donors (Lipinski definition) is 1. The second-order valence-electron chi connectivity index (χ2n) is 4.51. The molecule has 0 aliphatic rings. The number of rotatable bonds is 3. The van der Waals surface area contributed by atoms with Crippen molar-refractivity contribution in [2.45, 2.75) is 6.42 Å². The number of aromatic nitrogens is 2. The molecule has 0 radical (unpaired) electrons. The van der Waals surface area contributed by atoms with E-state index in [0.717, 1.165) is 40.9 Å². The second-order valence-corrected chi connectivity index (χ2v) is 4.51. The molecule has 0 saturated carbocycles. The quantitative estimate of drug-likeness (QED) is 0.750. The van der Waals surface area contributed by atoms with Crippen LogP contribution in [0.25, 0.3) is 22.0 Å². The van der Waals surface area contributed by atoms with Gasteiger partial charge in [-0.05, 0) is 32.3 Å². The molecule has 0 amide bonds. The van der Waals surface area contributed by atoms with E-state index < -0.39 is 0 Å². The van der Waals surface area contributed by atoms with Crippen LogP contribution in [0.3, 0.4) is 0 Å². The van der Waals surface area contributed by atoms with Crippen molar-refractivity contribution in [3.8, 4) is 0 Å². The van der Waals surface area contributed by atoms with Gasteiger partial charge < -0.3 is 14.3 Å². The molecule has 1 N–H and O–H groups in total. The standard InChI is InChI=1S/C13H15N3O/c1-16(2)8-6-12-15-13-9-5-7-14-10(9)3-4-11(13)17-12/h3-5,7,14H,6,8H2,1-2H3. The van der Waals surface area contributed by atoms with E-state index in [1.807, 2.05) is 38.5 Å². The molecular formula is C13H15N3O. The van der Waals surface area contributed by atoms with Crippen molar-refractivity contribution in [2.24, 2.45) is 0 Å². The predicted octanol–water partition coefficient (Wildman–Crippen LogP) is 2.41. The third-order valence-electron chi connectivity index (χ3n) is 2.91. The highest BCUT2D eigenvalue weighted by Gasteiger charge is 2.09. The molecule has 2 aromatic heterocycles. The molecule has 0 atom stereocenters. The fourth-order valence-electron chi connectivity index (χ4n) is 2.00. The van der Waals surface area contributed by atoms with Gasteiger partial charge in [-0.1, -0.05) is 0 Å². The Hall–Kier alpha value is -1.81. The average molecular weight is 229 g/mol. The molecule has 17 heavy (non-hydrogen) atoms. The molecule has 0 spiro atoms. The molecular weight excluding hydrogens is 214 g/mol. The lowest BCUT2D eigenvalue weighted by atomic mass is 10.2. The number of benzene rings is 1. The molecule has 3 rings (SSSR count). The van der Waals surface area contributed by atoms with Crippen molar-refractivity contribution >= 4 is 22.0 Å². The highest BCUT2D eigenvalue weighted by atomic mass is 16.3. The molecule has 0 aliphatic carbocycles. The zero-order valence-corrected chi connectivity index (χ0v) is 10.0. The molecule has 0 bridgehead atoms. The Morgan fingerprint density at radius 2 is 2.18 bits per heavy atom. The lowest BCUT2D eigenvalue weighted by Gasteiger charge is -2.05. The van der Waals surface area contributed by atoms with Crippen molar-refractivity contribution in [1.82, 2.24) is 14.9 Å². The molecule has 3 aromatic rings. The van der Waals surface area contributed by atoms with E-state index in [1.165, 1.54) is 0 Å². The van der Waals surface area contributed by atoms with Crippen LogP contribution in [-0.2, 0) is 6.42 Å². The van der Waals surface area contributed by atoms with Crippen molar-refractivity contribution in [3.63, 3.8) is 0 Å². The van der Waals surface area contributed by atoms with Gasteiger partial charge in [-0.3, -0.25) is 0 Å². The average Bonchev–Trinajstić information content (AvgIpc) is 2.91. The lowest BCUT2D eigenvalue weighted by molar-refractivity contribution is 0.390. The molecule has 88 valence electrons. The van der Waals surface area contributed by atoms with Gasteiger partial charge in [-0.2, -0.15) is 0 Å². The molecule has 4 heteroatoms. The van der Waals surface area contributed by atoms with Crippen molar-refractivity contribution in [2.75, 3.05) is 20.6 Å². The summed E-state index contributed by atoms with van der Waals surface area (Å²) < 4.78 is 5.74. The first-order valence-corrected chi connectivity index (χ1v) is 5.74. The van der Waals surface area contributed by atoms with Gasteiger partial charge in [0.1, 0.15) is 5.52 Å². The molecule has 0 fully saturated rings. The van der Waals surface area contributed by atoms with Gasteiger partial charge in [-0.15, -0.1) is 0 Å². The zero-order valence-electron chi connectivity index (χ0n) is 10.0. The summed E-state index contributed by atoms with van der Waals surface area (Å²) in [6.07, 6.45) is 2.77. The fraction of sp³-hybridized carbons (Fsp3) is 0.308. The summed E-state index contributed by atoms with van der Waals surface area (Å²) >= 11 is 0. The summed E-state index contributed by atoms with van der Waals surface area (Å²) in [4.78, 5) is 9.88. The van der Waals surface area contributed by atoms with Gasteiger partial charge >= 0.3 is 0 Å². The van der Waals surface area contributed by atoms with Crippen LogP contribution < -0.4 is 0 Å². The molecule has 0 unspecified atom stereocenters. The highest BCUT2D eigenvalue weighted by molar-refractivity contribution is 6.02. The number of likely N-dealkylation sites (N-methyl/N-ethyl adjacent to an activating group) is 1. The summed E-state index contributed by atoms with van der Waals surface area (Å²) in [5, 5.41) is 1.13. The molecule has 4 nitrogen and oxygen atoms in total. The number of hydrogen-bond acceptors (Lipinski definition) is 3. The van der Waals surface area contributed by atoms with E-state index >= 15 is 0 Å². The molecule has 1 aromatic carbocycles. The first kappa shape index (κ1) is 10.4. The summed E-state index contributed by atoms with van der Waals surface area (Å²) in [7, 11) is 4.10. The first-order chi connectivity index (χ1) is 8.24. The number of aromatic amines is 1. The Bertz CT molecular complexity index is 651. The van der Waals surface area contributed by atoms with Gasteiger partial charge in [0.05, 0.1) is 0 Å². The molecule has 2 heterocycles. The van der Waals surface area contributed by atoms with Gasteiger partial charge in [0, 0.05) is 30.1 Å².